The van der Waals surface area contributed by atoms with Crippen molar-refractivity contribution in [3.05, 3.63) is 35.6 Å². The van der Waals surface area contributed by atoms with Crippen LogP contribution in [0.2, 0.25) is 0 Å². The second-order valence-electron chi connectivity index (χ2n) is 3.72. The number of carboxylic acids is 1. The molecular weight excluding hydrogens is 197 g/mol. The number of nitrogens with one attached hydrogen (secondary N) is 1. The van der Waals surface area contributed by atoms with Crippen molar-refractivity contribution < 1.29 is 14.3 Å². The second kappa shape index (κ2) is 3.98. The normalized spacial score (nSPS) is 25.4. The maximum Gasteiger partial charge on any atom is 0.308 e. The summed E-state index contributed by atoms with van der Waals surface area (Å²) in [6.07, 6.45) is 0.594. The number of hydrogen-bond acceptors (Lipinski definition) is 2. The van der Waals surface area contributed by atoms with Crippen molar-refractivity contribution in [1.29, 1.82) is 0 Å². The number of aliphatic carboxylic acids is 1. The van der Waals surface area contributed by atoms with Crippen molar-refractivity contribution in [2.24, 2.45) is 5.92 Å². The average molecular weight is 209 g/mol. The van der Waals surface area contributed by atoms with Gasteiger partial charge in [0.1, 0.15) is 5.82 Å². The molecule has 1 fully saturated rings. The van der Waals surface area contributed by atoms with Gasteiger partial charge in [0.25, 0.3) is 0 Å². The molecule has 0 saturated carbocycles. The standard InChI is InChI=1S/C11H12FNO2/c12-8-3-1-2-7(6-8)10-9(11(14)15)4-5-13-10/h1-3,6,9-10,13H,4-5H2,(H,14,15)/t9-,10?/m1/s1. The van der Waals surface area contributed by atoms with E-state index in [1.807, 2.05) is 0 Å². The Labute approximate surface area is 86.9 Å². The molecule has 3 nitrogen and oxygen atoms in total. The molecular formula is C11H12FNO2. The van der Waals surface area contributed by atoms with Crippen molar-refractivity contribution in [2.45, 2.75) is 12.5 Å². The maximum absolute atomic E-state index is 13.0. The van der Waals surface area contributed by atoms with Crippen LogP contribution >= 0.6 is 0 Å². The van der Waals surface area contributed by atoms with E-state index in [4.69, 9.17) is 5.11 Å². The predicted molar refractivity (Wildman–Crippen MR) is 52.9 cm³/mol. The van der Waals surface area contributed by atoms with Crippen LogP contribution in [0.25, 0.3) is 0 Å². The van der Waals surface area contributed by atoms with Gasteiger partial charge in [0.2, 0.25) is 0 Å². The summed E-state index contributed by atoms with van der Waals surface area (Å²) < 4.78 is 13.0. The Morgan fingerprint density at radius 3 is 3.00 bits per heavy atom. The number of hydrogen-bond donors (Lipinski definition) is 2. The van der Waals surface area contributed by atoms with E-state index in [1.165, 1.54) is 12.1 Å². The Morgan fingerprint density at radius 1 is 1.53 bits per heavy atom. The molecule has 1 heterocycles. The number of carboxylic acid groups (broad SMARTS) is 1. The molecule has 0 amide bonds. The van der Waals surface area contributed by atoms with E-state index in [0.29, 0.717) is 18.5 Å². The number of rotatable bonds is 2. The monoisotopic (exact) mass is 209 g/mol. The second-order valence-corrected chi connectivity index (χ2v) is 3.72. The smallest absolute Gasteiger partial charge is 0.308 e. The Kier molecular flexibility index (Phi) is 2.68. The molecule has 2 rings (SSSR count). The number of carbonyl (C=O) groups is 1. The first kappa shape index (κ1) is 10.1. The third-order valence-corrected chi connectivity index (χ3v) is 2.75. The molecule has 1 aromatic carbocycles. The summed E-state index contributed by atoms with van der Waals surface area (Å²) in [5.74, 6) is -1.61. The van der Waals surface area contributed by atoms with Crippen LogP contribution in [-0.2, 0) is 4.79 Å². The van der Waals surface area contributed by atoms with E-state index >= 15 is 0 Å². The highest BCUT2D eigenvalue weighted by Crippen LogP contribution is 2.29. The summed E-state index contributed by atoms with van der Waals surface area (Å²) in [5, 5.41) is 12.1. The van der Waals surface area contributed by atoms with Crippen molar-refractivity contribution in [3.63, 3.8) is 0 Å². The average Bonchev–Trinajstić information content (AvgIpc) is 2.65. The summed E-state index contributed by atoms with van der Waals surface area (Å²) in [4.78, 5) is 10.9. The Morgan fingerprint density at radius 2 is 2.33 bits per heavy atom. The molecule has 1 aliphatic rings. The van der Waals surface area contributed by atoms with Gasteiger partial charge < -0.3 is 10.4 Å². The zero-order valence-electron chi connectivity index (χ0n) is 8.11. The molecule has 1 unspecified atom stereocenters. The van der Waals surface area contributed by atoms with Crippen LogP contribution in [0.1, 0.15) is 18.0 Å². The van der Waals surface area contributed by atoms with Crippen molar-refractivity contribution in [2.75, 3.05) is 6.54 Å². The lowest BCUT2D eigenvalue weighted by Gasteiger charge is -2.16. The quantitative estimate of drug-likeness (QED) is 0.777. The molecule has 0 aliphatic carbocycles. The van der Waals surface area contributed by atoms with Gasteiger partial charge in [0, 0.05) is 6.04 Å². The van der Waals surface area contributed by atoms with Crippen molar-refractivity contribution in [3.8, 4) is 0 Å². The van der Waals surface area contributed by atoms with Crippen LogP contribution in [-0.4, -0.2) is 17.6 Å². The highest BCUT2D eigenvalue weighted by atomic mass is 19.1. The lowest BCUT2D eigenvalue weighted by Crippen LogP contribution is -2.23. The minimum absolute atomic E-state index is 0.266. The largest absolute Gasteiger partial charge is 0.481 e. The molecule has 1 aliphatic heterocycles. The lowest BCUT2D eigenvalue weighted by molar-refractivity contribution is -0.142. The van der Waals surface area contributed by atoms with Gasteiger partial charge in [-0.05, 0) is 30.7 Å². The van der Waals surface area contributed by atoms with Gasteiger partial charge in [-0.2, -0.15) is 0 Å². The molecule has 0 spiro atoms. The zero-order chi connectivity index (χ0) is 10.8. The van der Waals surface area contributed by atoms with Crippen LogP contribution in [0.3, 0.4) is 0 Å². The molecule has 80 valence electrons. The molecule has 2 atom stereocenters. The Bertz CT molecular complexity index is 381. The molecule has 2 N–H and O–H groups in total. The fourth-order valence-electron chi connectivity index (χ4n) is 2.02. The van der Waals surface area contributed by atoms with E-state index in [1.54, 1.807) is 12.1 Å². The van der Waals surface area contributed by atoms with Crippen molar-refractivity contribution in [1.82, 2.24) is 5.32 Å². The number of benzene rings is 1. The van der Waals surface area contributed by atoms with Crippen LogP contribution in [0, 0.1) is 11.7 Å². The van der Waals surface area contributed by atoms with Gasteiger partial charge in [-0.1, -0.05) is 12.1 Å². The third-order valence-electron chi connectivity index (χ3n) is 2.75. The minimum Gasteiger partial charge on any atom is -0.481 e. The third kappa shape index (κ3) is 1.99. The first-order chi connectivity index (χ1) is 7.18. The fourth-order valence-corrected chi connectivity index (χ4v) is 2.02. The number of halogens is 1. The molecule has 4 heteroatoms. The predicted octanol–water partition coefficient (Wildman–Crippen LogP) is 1.56. The Hall–Kier alpha value is -1.42. The van der Waals surface area contributed by atoms with Crippen LogP contribution < -0.4 is 5.32 Å². The molecule has 0 radical (unpaired) electrons. The SMILES string of the molecule is O=C(O)[C@@H]1CCNC1c1cccc(F)c1. The lowest BCUT2D eigenvalue weighted by atomic mass is 9.94. The van der Waals surface area contributed by atoms with Gasteiger partial charge >= 0.3 is 5.97 Å². The highest BCUT2D eigenvalue weighted by molar-refractivity contribution is 5.71. The Balaban J connectivity index is 2.26. The van der Waals surface area contributed by atoms with Crippen LogP contribution in [0.15, 0.2) is 24.3 Å². The minimum atomic E-state index is -0.825. The highest BCUT2D eigenvalue weighted by Gasteiger charge is 2.33. The van der Waals surface area contributed by atoms with E-state index in [-0.39, 0.29) is 11.9 Å². The van der Waals surface area contributed by atoms with Crippen LogP contribution in [0.5, 0.6) is 0 Å². The molecule has 1 saturated heterocycles. The van der Waals surface area contributed by atoms with Gasteiger partial charge in [-0.15, -0.1) is 0 Å². The summed E-state index contributed by atoms with van der Waals surface area (Å²) in [6.45, 7) is 0.665. The molecule has 0 aromatic heterocycles. The van der Waals surface area contributed by atoms with E-state index in [0.717, 1.165) is 0 Å². The van der Waals surface area contributed by atoms with Crippen LogP contribution in [0.4, 0.5) is 4.39 Å². The topological polar surface area (TPSA) is 49.3 Å². The first-order valence-electron chi connectivity index (χ1n) is 4.90. The fraction of sp³-hybridized carbons (Fsp3) is 0.364. The summed E-state index contributed by atoms with van der Waals surface area (Å²) >= 11 is 0. The first-order valence-corrected chi connectivity index (χ1v) is 4.90. The van der Waals surface area contributed by atoms with E-state index in [9.17, 15) is 9.18 Å². The van der Waals surface area contributed by atoms with Crippen molar-refractivity contribution >= 4 is 5.97 Å². The van der Waals surface area contributed by atoms with Gasteiger partial charge in [0.05, 0.1) is 5.92 Å². The summed E-state index contributed by atoms with van der Waals surface area (Å²) in [7, 11) is 0. The zero-order valence-corrected chi connectivity index (χ0v) is 8.11. The molecule has 0 bridgehead atoms. The molecule has 1 aromatic rings. The maximum atomic E-state index is 13.0. The van der Waals surface area contributed by atoms with Gasteiger partial charge in [-0.3, -0.25) is 4.79 Å². The van der Waals surface area contributed by atoms with Gasteiger partial charge in [0.15, 0.2) is 0 Å². The van der Waals surface area contributed by atoms with Gasteiger partial charge in [-0.25, -0.2) is 4.39 Å². The summed E-state index contributed by atoms with van der Waals surface area (Å²) in [6, 6.07) is 5.83. The van der Waals surface area contributed by atoms with E-state index in [2.05, 4.69) is 5.32 Å². The van der Waals surface area contributed by atoms with E-state index < -0.39 is 11.9 Å². The summed E-state index contributed by atoms with van der Waals surface area (Å²) in [5.41, 5.74) is 0.708. The molecule has 15 heavy (non-hydrogen) atoms.